The number of hydrogen-bond acceptors (Lipinski definition) is 29. The van der Waals surface area contributed by atoms with Crippen molar-refractivity contribution in [1.29, 1.82) is 0 Å². The van der Waals surface area contributed by atoms with Crippen molar-refractivity contribution in [1.82, 2.24) is 39.5 Å². The van der Waals surface area contributed by atoms with E-state index in [1.807, 2.05) is 69.2 Å². The summed E-state index contributed by atoms with van der Waals surface area (Å²) in [4.78, 5) is 110. The van der Waals surface area contributed by atoms with Gasteiger partial charge in [-0.15, -0.1) is 11.8 Å². The maximum Gasteiger partial charge on any atom is 0.429 e. The van der Waals surface area contributed by atoms with E-state index in [9.17, 15) is 28.3 Å². The Labute approximate surface area is 695 Å². The topological polar surface area (TPSA) is 483 Å². The molecule has 37 nitrogen and oxygen atoms in total. The minimum absolute atomic E-state index is 0. The van der Waals surface area contributed by atoms with E-state index >= 15 is 0 Å². The molecule has 4 aromatic heterocycles. The van der Waals surface area contributed by atoms with Gasteiger partial charge in [-0.1, -0.05) is 25.7 Å². The van der Waals surface area contributed by atoms with Gasteiger partial charge in [0.1, 0.15) is 35.6 Å². The molecule has 0 aromatic carbocycles. The Morgan fingerprint density at radius 2 is 0.973 bits per heavy atom. The molecule has 4 saturated heterocycles. The molecule has 0 bridgehead atoms. The molecule has 6 aliphatic rings. The van der Waals surface area contributed by atoms with Crippen molar-refractivity contribution in [2.45, 2.75) is 258 Å². The first kappa shape index (κ1) is 103. The van der Waals surface area contributed by atoms with Crippen LogP contribution in [0.1, 0.15) is 182 Å². The predicted octanol–water partition coefficient (Wildman–Crippen LogP) is 11.8. The van der Waals surface area contributed by atoms with Crippen LogP contribution in [-0.4, -0.2) is 246 Å². The van der Waals surface area contributed by atoms with E-state index < -0.39 is 133 Å². The number of carboxylic acid groups (broad SMARTS) is 4. The third-order valence-corrected chi connectivity index (χ3v) is 22.0. The fraction of sp³-hybridized carbons (Fsp3) is 0.716. The molecule has 10 rings (SSSR count). The number of rotatable bonds is 18. The smallest absolute Gasteiger partial charge is 0.429 e. The number of nitrogens with zero attached hydrogens (tertiary/aromatic N) is 12. The SMILES string of the molecule is CC(=O)O.CC(=O)O.CC(=O)O.CC(=O)O.CC(C)(C)OC(=O)N(c1nc(Cl)nc2c1cnn2[C@@H]1O[C@H](CS)[C@H]2OC(C)(C)O[C@H]21)C1CCCC1.CCOC(=O)C(=[N+]=[N-])P(C)(C)=O.CCOC(=O)C(SC[C@H]1O[C@@H](n2ncc3c(N(C(=O)OC(C)(C)C)C4CCCC4)nc(Cl)nc32)[C@@H]2OC(C)(C)O[C@@H]21)P(C)(=O)OCC.[Rh].[Rh]. The summed E-state index contributed by atoms with van der Waals surface area (Å²) in [7, 11) is -6.21. The first-order valence-corrected chi connectivity index (χ1v) is 42.3. The van der Waals surface area contributed by atoms with E-state index in [0.717, 1.165) is 90.8 Å². The summed E-state index contributed by atoms with van der Waals surface area (Å²) in [5, 5.41) is 39.9. The molecule has 4 aliphatic heterocycles. The maximum atomic E-state index is 13.6. The third kappa shape index (κ3) is 30.6. The van der Waals surface area contributed by atoms with Crippen molar-refractivity contribution in [3.05, 3.63) is 28.5 Å². The Hall–Kier alpha value is -5.45. The minimum atomic E-state index is -3.38. The molecule has 45 heteroatoms. The normalized spacial score (nSPS) is 21.9. The molecule has 636 valence electrons. The summed E-state index contributed by atoms with van der Waals surface area (Å²) < 4.78 is 92.3. The number of aromatic nitrogens is 8. The van der Waals surface area contributed by atoms with Gasteiger partial charge in [-0.2, -0.15) is 47.6 Å². The van der Waals surface area contributed by atoms with Crippen LogP contribution in [0.25, 0.3) is 27.6 Å². The largest absolute Gasteiger partial charge is 0.481 e. The minimum Gasteiger partial charge on any atom is -0.481 e. The number of carbonyl (C=O) groups is 8. The van der Waals surface area contributed by atoms with E-state index in [0.29, 0.717) is 39.5 Å². The van der Waals surface area contributed by atoms with Crippen LogP contribution in [0.15, 0.2) is 12.4 Å². The number of fused-ring (bicyclic) bond motifs is 4. The molecular weight excluding hydrogens is 1780 g/mol. The van der Waals surface area contributed by atoms with Crippen LogP contribution in [-0.2, 0) is 129 Å². The van der Waals surface area contributed by atoms with Crippen LogP contribution in [0.3, 0.4) is 0 Å². The second-order valence-corrected chi connectivity index (χ2v) is 36.9. The Kier molecular flexibility index (Phi) is 41.0. The van der Waals surface area contributed by atoms with E-state index in [1.54, 1.807) is 52.3 Å². The zero-order chi connectivity index (χ0) is 83.5. The number of carbonyl (C=O) groups excluding carboxylic acids is 4. The molecular formula is C67H104Cl2N12O25P2Rh2S2. The number of thiol groups is 1. The Balaban J connectivity index is 0.000000570. The van der Waals surface area contributed by atoms with Gasteiger partial charge in [-0.3, -0.25) is 38.3 Å². The van der Waals surface area contributed by atoms with Gasteiger partial charge in [-0.25, -0.2) is 23.7 Å². The molecule has 8 heterocycles. The van der Waals surface area contributed by atoms with Gasteiger partial charge in [0.2, 0.25) is 17.9 Å². The van der Waals surface area contributed by atoms with Crippen molar-refractivity contribution in [2.24, 2.45) is 0 Å². The quantitative estimate of drug-likeness (QED) is 0.00711. The van der Waals surface area contributed by atoms with Crippen molar-refractivity contribution >= 4 is 149 Å². The number of anilines is 2. The van der Waals surface area contributed by atoms with Gasteiger partial charge in [-0.05, 0) is 139 Å². The average molecular weight is 1880 g/mol. The molecule has 2 radical (unpaired) electrons. The second kappa shape index (κ2) is 44.8. The zero-order valence-electron chi connectivity index (χ0n) is 66.1. The molecule has 112 heavy (non-hydrogen) atoms. The first-order valence-electron chi connectivity index (χ1n) is 35.1. The Morgan fingerprint density at radius 1 is 0.625 bits per heavy atom. The van der Waals surface area contributed by atoms with Gasteiger partial charge < -0.3 is 82.4 Å². The van der Waals surface area contributed by atoms with Crippen LogP contribution in [0, 0.1) is 0 Å². The van der Waals surface area contributed by atoms with Crippen LogP contribution >= 0.6 is 62.1 Å². The number of halogens is 2. The second-order valence-electron chi connectivity index (χ2n) is 28.6. The summed E-state index contributed by atoms with van der Waals surface area (Å²) >= 11 is 18.5. The molecule has 2 amide bonds. The zero-order valence-corrected chi connectivity index (χ0v) is 74.4. The summed E-state index contributed by atoms with van der Waals surface area (Å²) in [6, 6.07) is -0.169. The molecule has 4 N–H and O–H groups in total. The van der Waals surface area contributed by atoms with E-state index in [1.165, 1.54) is 20.0 Å². The number of esters is 2. The molecule has 2 unspecified atom stereocenters. The van der Waals surface area contributed by atoms with Crippen molar-refractivity contribution in [2.75, 3.05) is 61.1 Å². The van der Waals surface area contributed by atoms with Crippen LogP contribution in [0.5, 0.6) is 0 Å². The van der Waals surface area contributed by atoms with Crippen LogP contribution in [0.4, 0.5) is 21.2 Å². The number of amides is 2. The first-order chi connectivity index (χ1) is 50.9. The van der Waals surface area contributed by atoms with Crippen molar-refractivity contribution in [3.63, 3.8) is 0 Å². The standard InChI is InChI=1S/C30H45ClN5O9PS.C23H32ClN5O5S.C6H11N2O3P.4C2H4O2.2Rh/c1-9-40-25(37)26(46(8,39)41-10-2)47-16-19-20-21(44-30(6,7)43-20)24(42-19)36-23-18(15-32-36)22(33-27(31)34-23)35(17-13-11-12-14-17)28(38)45-29(3,4)5;1-22(2,3)34-21(30)28(12-8-6-7-9-12)17-13-10-25-29(18(13)27-20(24)26-17)19-16-15(14(11-35)31-19)32-23(4,5)33-16;1-4-11-6(9)5(8-7)12(2,3)10;4*1-2(3)4;;/h15,17,19-21,24,26H,9-14,16H2,1-8H3;10,12,14-16,19,35H,6-9,11H2,1-5H3;4H2,1-3H3;4*1H3,(H,3,4);;/t19-,20-,21-,24-,26?,46?;14-,15-,16-,19-;;;;;;;/m11......./s1. The Bertz CT molecular complexity index is 3960. The van der Waals surface area contributed by atoms with Crippen LogP contribution in [0.2, 0.25) is 10.6 Å². The number of hydrogen-bond donors (Lipinski definition) is 5. The molecule has 4 aromatic rings. The van der Waals surface area contributed by atoms with Crippen molar-refractivity contribution < 1.29 is 164 Å². The number of ether oxygens (including phenoxy) is 10. The number of carboxylic acids is 4. The van der Waals surface area contributed by atoms with Gasteiger partial charge in [0.05, 0.1) is 55.2 Å². The summed E-state index contributed by atoms with van der Waals surface area (Å²) in [6.07, 6.45) is 5.42. The molecule has 2 saturated carbocycles. The monoisotopic (exact) mass is 1880 g/mol. The van der Waals surface area contributed by atoms with Crippen molar-refractivity contribution in [3.8, 4) is 0 Å². The number of thioether (sulfide) groups is 1. The van der Waals surface area contributed by atoms with Gasteiger partial charge in [0.15, 0.2) is 59.1 Å². The van der Waals surface area contributed by atoms with E-state index in [-0.39, 0.29) is 99.4 Å². The van der Waals surface area contributed by atoms with Gasteiger partial charge in [0.25, 0.3) is 23.9 Å². The fourth-order valence-electron chi connectivity index (χ4n) is 11.9. The van der Waals surface area contributed by atoms with Gasteiger partial charge in [0, 0.05) is 110 Å². The number of aliphatic carboxylic acids is 4. The fourth-order valence-corrected chi connectivity index (χ4v) is 16.8. The van der Waals surface area contributed by atoms with E-state index in [4.69, 9.17) is 115 Å². The Morgan fingerprint density at radius 3 is 1.29 bits per heavy atom. The third-order valence-electron chi connectivity index (χ3n) is 15.5. The maximum absolute atomic E-state index is 13.6. The molecule has 2 aliphatic carbocycles. The van der Waals surface area contributed by atoms with Crippen LogP contribution < -0.4 is 9.80 Å². The molecule has 6 fully saturated rings. The van der Waals surface area contributed by atoms with Gasteiger partial charge >= 0.3 is 29.6 Å². The molecule has 10 atom stereocenters. The predicted molar refractivity (Wildman–Crippen MR) is 408 cm³/mol. The summed E-state index contributed by atoms with van der Waals surface area (Å²) in [5.74, 6) is -5.08. The summed E-state index contributed by atoms with van der Waals surface area (Å²) in [5.41, 5.74) is 7.39. The average Bonchev–Trinajstić information content (AvgIpc) is 1.58. The summed E-state index contributed by atoms with van der Waals surface area (Å²) in [6.45, 7) is 32.3. The van der Waals surface area contributed by atoms with E-state index in [2.05, 4.69) is 52.3 Å². The molecule has 0 spiro atoms.